The number of nitrogens with zero attached hydrogens (tertiary/aromatic N) is 2. The summed E-state index contributed by atoms with van der Waals surface area (Å²) in [6.07, 6.45) is 1.42. The smallest absolute Gasteiger partial charge is 0.329 e. The van der Waals surface area contributed by atoms with E-state index in [4.69, 9.17) is 10.5 Å². The van der Waals surface area contributed by atoms with Gasteiger partial charge in [0.1, 0.15) is 6.04 Å². The lowest BCUT2D eigenvalue weighted by atomic mass is 10.1. The molecule has 0 aliphatic carbocycles. The highest BCUT2D eigenvalue weighted by atomic mass is 16.5. The Kier molecular flexibility index (Phi) is 4.50. The summed E-state index contributed by atoms with van der Waals surface area (Å²) in [5.41, 5.74) is 10.1. The predicted octanol–water partition coefficient (Wildman–Crippen LogP) is 3.14. The minimum Gasteiger partial charge on any atom is -0.464 e. The van der Waals surface area contributed by atoms with Gasteiger partial charge in [-0.05, 0) is 49.9 Å². The minimum absolute atomic E-state index is 0.247. The molecule has 0 aliphatic heterocycles. The number of imidazole rings is 1. The van der Waals surface area contributed by atoms with E-state index < -0.39 is 6.04 Å². The molecule has 5 heteroatoms. The Balaban J connectivity index is 2.50. The molecule has 1 aromatic carbocycles. The molecule has 1 aromatic heterocycles. The molecule has 0 fully saturated rings. The molecule has 1 unspecified atom stereocenters. The first-order chi connectivity index (χ1) is 9.99. The Morgan fingerprint density at radius 3 is 2.62 bits per heavy atom. The zero-order valence-corrected chi connectivity index (χ0v) is 13.1. The van der Waals surface area contributed by atoms with E-state index in [2.05, 4.69) is 4.98 Å². The molecular formula is C16H23N3O2. The van der Waals surface area contributed by atoms with Crippen LogP contribution in [0.15, 0.2) is 12.1 Å². The third-order valence-corrected chi connectivity index (χ3v) is 3.75. The molecule has 0 radical (unpaired) electrons. The summed E-state index contributed by atoms with van der Waals surface area (Å²) in [5.74, 6) is 0.110. The van der Waals surface area contributed by atoms with Crippen molar-refractivity contribution in [3.05, 3.63) is 23.3 Å². The van der Waals surface area contributed by atoms with Crippen LogP contribution in [0.5, 0.6) is 0 Å². The summed E-state index contributed by atoms with van der Waals surface area (Å²) in [5, 5.41) is 0. The summed E-state index contributed by atoms with van der Waals surface area (Å²) in [6.45, 7) is 8.43. The molecule has 5 nitrogen and oxygen atoms in total. The second kappa shape index (κ2) is 6.16. The molecule has 2 aromatic rings. The van der Waals surface area contributed by atoms with Crippen LogP contribution in [-0.2, 0) is 9.53 Å². The van der Waals surface area contributed by atoms with Gasteiger partial charge >= 0.3 is 5.97 Å². The normalized spacial score (nSPS) is 12.6. The molecule has 2 rings (SSSR count). The van der Waals surface area contributed by atoms with Crippen LogP contribution in [-0.4, -0.2) is 22.1 Å². The van der Waals surface area contributed by atoms with E-state index in [1.54, 1.807) is 4.57 Å². The Hall–Kier alpha value is -2.04. The highest BCUT2D eigenvalue weighted by molar-refractivity contribution is 5.84. The Morgan fingerprint density at radius 1 is 1.33 bits per heavy atom. The van der Waals surface area contributed by atoms with E-state index in [1.165, 1.54) is 0 Å². The van der Waals surface area contributed by atoms with Crippen molar-refractivity contribution < 1.29 is 9.53 Å². The molecule has 1 atom stereocenters. The fourth-order valence-corrected chi connectivity index (χ4v) is 2.45. The largest absolute Gasteiger partial charge is 0.464 e. The van der Waals surface area contributed by atoms with Crippen molar-refractivity contribution in [2.45, 2.75) is 46.6 Å². The number of nitrogen functional groups attached to an aromatic ring is 1. The standard InChI is InChI=1S/C16H23N3O2/c1-5-7-21-15(20)13(6-2)19-14-9-11(4)10(3)8-12(14)18-16(19)17/h8-9,13H,5-7H2,1-4H3,(H2,17,18). The van der Waals surface area contributed by atoms with Crippen LogP contribution in [0.25, 0.3) is 11.0 Å². The van der Waals surface area contributed by atoms with Gasteiger partial charge in [-0.3, -0.25) is 4.57 Å². The molecule has 21 heavy (non-hydrogen) atoms. The van der Waals surface area contributed by atoms with Crippen LogP contribution >= 0.6 is 0 Å². The second-order valence-electron chi connectivity index (χ2n) is 5.36. The zero-order chi connectivity index (χ0) is 15.6. The van der Waals surface area contributed by atoms with E-state index in [0.29, 0.717) is 19.0 Å². The third-order valence-electron chi connectivity index (χ3n) is 3.75. The quantitative estimate of drug-likeness (QED) is 0.858. The van der Waals surface area contributed by atoms with E-state index in [9.17, 15) is 4.79 Å². The summed E-state index contributed by atoms with van der Waals surface area (Å²) in [4.78, 5) is 16.6. The van der Waals surface area contributed by atoms with Crippen molar-refractivity contribution in [2.24, 2.45) is 0 Å². The lowest BCUT2D eigenvalue weighted by Gasteiger charge is -2.18. The molecule has 2 N–H and O–H groups in total. The highest BCUT2D eigenvalue weighted by Gasteiger charge is 2.24. The molecule has 0 saturated carbocycles. The number of hydrogen-bond acceptors (Lipinski definition) is 4. The number of rotatable bonds is 5. The van der Waals surface area contributed by atoms with Crippen molar-refractivity contribution in [3.63, 3.8) is 0 Å². The van der Waals surface area contributed by atoms with E-state index >= 15 is 0 Å². The SMILES string of the molecule is CCCOC(=O)C(CC)n1c(N)nc2cc(C)c(C)cc21. The summed E-state index contributed by atoms with van der Waals surface area (Å²) in [7, 11) is 0. The fraction of sp³-hybridized carbons (Fsp3) is 0.500. The first kappa shape index (κ1) is 15.4. The van der Waals surface area contributed by atoms with Crippen LogP contribution in [0.4, 0.5) is 5.95 Å². The van der Waals surface area contributed by atoms with Gasteiger partial charge in [0.05, 0.1) is 17.6 Å². The van der Waals surface area contributed by atoms with Gasteiger partial charge in [-0.15, -0.1) is 0 Å². The van der Waals surface area contributed by atoms with Crippen LogP contribution in [0.2, 0.25) is 0 Å². The van der Waals surface area contributed by atoms with Crippen molar-refractivity contribution in [1.29, 1.82) is 0 Å². The van der Waals surface area contributed by atoms with Crippen LogP contribution in [0.3, 0.4) is 0 Å². The zero-order valence-electron chi connectivity index (χ0n) is 13.1. The van der Waals surface area contributed by atoms with Crippen LogP contribution in [0.1, 0.15) is 43.9 Å². The van der Waals surface area contributed by atoms with Crippen molar-refractivity contribution in [1.82, 2.24) is 9.55 Å². The molecule has 0 spiro atoms. The average molecular weight is 289 g/mol. The van der Waals surface area contributed by atoms with Crippen molar-refractivity contribution in [3.8, 4) is 0 Å². The highest BCUT2D eigenvalue weighted by Crippen LogP contribution is 2.27. The topological polar surface area (TPSA) is 70.1 Å². The van der Waals surface area contributed by atoms with Crippen molar-refractivity contribution in [2.75, 3.05) is 12.3 Å². The third kappa shape index (κ3) is 2.86. The molecule has 0 aliphatic rings. The molecule has 0 bridgehead atoms. The maximum Gasteiger partial charge on any atom is 0.329 e. The van der Waals surface area contributed by atoms with Gasteiger partial charge in [-0.1, -0.05) is 13.8 Å². The maximum absolute atomic E-state index is 12.3. The molecule has 0 amide bonds. The van der Waals surface area contributed by atoms with Gasteiger partial charge < -0.3 is 10.5 Å². The van der Waals surface area contributed by atoms with Gasteiger partial charge in [-0.25, -0.2) is 9.78 Å². The number of carbonyl (C=O) groups is 1. The second-order valence-corrected chi connectivity index (χ2v) is 5.36. The number of benzene rings is 1. The maximum atomic E-state index is 12.3. The molecule has 114 valence electrons. The number of esters is 1. The van der Waals surface area contributed by atoms with Crippen LogP contribution < -0.4 is 5.73 Å². The van der Waals surface area contributed by atoms with E-state index in [-0.39, 0.29) is 5.97 Å². The predicted molar refractivity (Wildman–Crippen MR) is 84.2 cm³/mol. The number of nitrogens with two attached hydrogens (primary N) is 1. The molecule has 0 saturated heterocycles. The summed E-state index contributed by atoms with van der Waals surface area (Å²) < 4.78 is 7.07. The Labute approximate surface area is 125 Å². The Bertz CT molecular complexity index is 661. The number of anilines is 1. The van der Waals surface area contributed by atoms with Gasteiger partial charge in [-0.2, -0.15) is 0 Å². The van der Waals surface area contributed by atoms with Gasteiger partial charge in [0.2, 0.25) is 5.95 Å². The van der Waals surface area contributed by atoms with E-state index in [1.807, 2.05) is 39.8 Å². The first-order valence-electron chi connectivity index (χ1n) is 7.40. The number of aromatic nitrogens is 2. The molecular weight excluding hydrogens is 266 g/mol. The van der Waals surface area contributed by atoms with Gasteiger partial charge in [0.15, 0.2) is 0 Å². The van der Waals surface area contributed by atoms with E-state index in [0.717, 1.165) is 28.6 Å². The van der Waals surface area contributed by atoms with Gasteiger partial charge in [0, 0.05) is 0 Å². The minimum atomic E-state index is -0.427. The summed E-state index contributed by atoms with van der Waals surface area (Å²) in [6, 6.07) is 3.61. The number of carbonyl (C=O) groups excluding carboxylic acids is 1. The average Bonchev–Trinajstić information content (AvgIpc) is 2.74. The lowest BCUT2D eigenvalue weighted by molar-refractivity contribution is -0.147. The lowest BCUT2D eigenvalue weighted by Crippen LogP contribution is -2.23. The van der Waals surface area contributed by atoms with Crippen molar-refractivity contribution >= 4 is 23.0 Å². The first-order valence-corrected chi connectivity index (χ1v) is 7.40. The number of fused-ring (bicyclic) bond motifs is 1. The monoisotopic (exact) mass is 289 g/mol. The number of hydrogen-bond donors (Lipinski definition) is 1. The number of ether oxygens (including phenoxy) is 1. The fourth-order valence-electron chi connectivity index (χ4n) is 2.45. The summed E-state index contributed by atoms with van der Waals surface area (Å²) >= 11 is 0. The Morgan fingerprint density at radius 2 is 2.00 bits per heavy atom. The van der Waals surface area contributed by atoms with Crippen LogP contribution in [0, 0.1) is 13.8 Å². The molecule has 1 heterocycles. The van der Waals surface area contributed by atoms with Gasteiger partial charge in [0.25, 0.3) is 0 Å². The number of aryl methyl sites for hydroxylation is 2.